The lowest BCUT2D eigenvalue weighted by atomic mass is 10.0. The van der Waals surface area contributed by atoms with E-state index in [1.165, 1.54) is 14.0 Å². The predicted octanol–water partition coefficient (Wildman–Crippen LogP) is 1.47. The Balaban J connectivity index is 2.86. The number of hydrogen-bond acceptors (Lipinski definition) is 5. The second-order valence-corrected chi connectivity index (χ2v) is 4.93. The number of hydrogen-bond donors (Lipinski definition) is 1. The van der Waals surface area contributed by atoms with Crippen LogP contribution in [0.1, 0.15) is 27.2 Å². The van der Waals surface area contributed by atoms with Crippen molar-refractivity contribution < 1.29 is 14.4 Å². The Morgan fingerprint density at radius 3 is 2.56 bits per heavy atom. The van der Waals surface area contributed by atoms with Gasteiger partial charge in [0.1, 0.15) is 5.71 Å². The molecule has 0 aromatic heterocycles. The molecule has 0 spiro atoms. The van der Waals surface area contributed by atoms with E-state index in [4.69, 9.17) is 5.26 Å². The molecule has 1 rings (SSSR count). The minimum absolute atomic E-state index is 0.0819. The van der Waals surface area contributed by atoms with Gasteiger partial charge in [-0.1, -0.05) is 19.0 Å². The standard InChI is InChI=1S/C12H17N3O3/c1-7(16)10(15-18-11(17)14-4)9-8(5-6-13)12(9,2)3/h8-9H,5H2,1-4H3,(H,14,17)/b15-10-/t8-,9-/m1/s1. The Kier molecular flexibility index (Phi) is 4.07. The van der Waals surface area contributed by atoms with Crippen LogP contribution in [0.5, 0.6) is 0 Å². The minimum Gasteiger partial charge on any atom is -0.323 e. The molecule has 0 aromatic carbocycles. The fourth-order valence-electron chi connectivity index (χ4n) is 2.24. The summed E-state index contributed by atoms with van der Waals surface area (Å²) in [6.07, 6.45) is -0.353. The fourth-order valence-corrected chi connectivity index (χ4v) is 2.24. The normalized spacial score (nSPS) is 24.9. The van der Waals surface area contributed by atoms with E-state index in [-0.39, 0.29) is 28.7 Å². The van der Waals surface area contributed by atoms with Crippen LogP contribution in [-0.4, -0.2) is 24.6 Å². The van der Waals surface area contributed by atoms with Crippen LogP contribution in [-0.2, 0) is 9.63 Å². The Labute approximate surface area is 106 Å². The molecule has 0 saturated heterocycles. The third-order valence-electron chi connectivity index (χ3n) is 3.45. The third-order valence-corrected chi connectivity index (χ3v) is 3.45. The van der Waals surface area contributed by atoms with Crippen molar-refractivity contribution in [1.29, 1.82) is 5.26 Å². The third kappa shape index (κ3) is 2.67. The first kappa shape index (κ1) is 14.2. The summed E-state index contributed by atoms with van der Waals surface area (Å²) in [6.45, 7) is 5.32. The van der Waals surface area contributed by atoms with Crippen LogP contribution in [0.3, 0.4) is 0 Å². The highest BCUT2D eigenvalue weighted by Gasteiger charge is 2.60. The predicted molar refractivity (Wildman–Crippen MR) is 64.6 cm³/mol. The second-order valence-electron chi connectivity index (χ2n) is 4.93. The number of rotatable bonds is 4. The van der Waals surface area contributed by atoms with E-state index in [9.17, 15) is 9.59 Å². The molecule has 1 N–H and O–H groups in total. The first-order valence-electron chi connectivity index (χ1n) is 5.70. The van der Waals surface area contributed by atoms with E-state index >= 15 is 0 Å². The van der Waals surface area contributed by atoms with Crippen molar-refractivity contribution in [3.05, 3.63) is 0 Å². The number of Topliss-reactive ketones (excluding diaryl/α,β-unsaturated/α-hetero) is 1. The topological polar surface area (TPSA) is 91.5 Å². The van der Waals surface area contributed by atoms with E-state index < -0.39 is 6.09 Å². The molecule has 1 fully saturated rings. The molecule has 2 atom stereocenters. The van der Waals surface area contributed by atoms with Gasteiger partial charge in [-0.25, -0.2) is 4.79 Å². The number of carbonyl (C=O) groups is 2. The van der Waals surface area contributed by atoms with Crippen LogP contribution in [0.2, 0.25) is 0 Å². The SMILES string of the molecule is CNC(=O)O/N=C(/C(C)=O)[C@H]1[C@@H](CC#N)C1(C)C. The highest BCUT2D eigenvalue weighted by atomic mass is 16.7. The van der Waals surface area contributed by atoms with Crippen molar-refractivity contribution >= 4 is 17.6 Å². The van der Waals surface area contributed by atoms with E-state index in [1.807, 2.05) is 13.8 Å². The maximum Gasteiger partial charge on any atom is 0.433 e. The van der Waals surface area contributed by atoms with Gasteiger partial charge in [0.25, 0.3) is 0 Å². The maximum absolute atomic E-state index is 11.5. The Morgan fingerprint density at radius 2 is 2.11 bits per heavy atom. The summed E-state index contributed by atoms with van der Waals surface area (Å²) in [5.41, 5.74) is 0.0654. The fraction of sp³-hybridized carbons (Fsp3) is 0.667. The summed E-state index contributed by atoms with van der Waals surface area (Å²) in [5, 5.41) is 14.6. The molecule has 0 heterocycles. The van der Waals surface area contributed by atoms with Crippen molar-refractivity contribution in [2.24, 2.45) is 22.4 Å². The smallest absolute Gasteiger partial charge is 0.323 e. The molecule has 1 aliphatic rings. The number of carbonyl (C=O) groups excluding carboxylic acids is 2. The van der Waals surface area contributed by atoms with Crippen LogP contribution in [0.4, 0.5) is 4.79 Å². The van der Waals surface area contributed by atoms with E-state index in [2.05, 4.69) is 21.4 Å². The first-order chi connectivity index (χ1) is 8.36. The average Bonchev–Trinajstić information content (AvgIpc) is 2.81. The van der Waals surface area contributed by atoms with Crippen molar-refractivity contribution in [2.75, 3.05) is 7.05 Å². The van der Waals surface area contributed by atoms with Crippen LogP contribution in [0.25, 0.3) is 0 Å². The van der Waals surface area contributed by atoms with Crippen LogP contribution in [0.15, 0.2) is 5.16 Å². The number of ketones is 1. The average molecular weight is 251 g/mol. The number of oxime groups is 1. The lowest BCUT2D eigenvalue weighted by Crippen LogP contribution is -2.21. The van der Waals surface area contributed by atoms with Crippen LogP contribution < -0.4 is 5.32 Å². The maximum atomic E-state index is 11.5. The summed E-state index contributed by atoms with van der Waals surface area (Å²) in [7, 11) is 1.41. The number of amides is 1. The lowest BCUT2D eigenvalue weighted by Gasteiger charge is -2.03. The molecule has 98 valence electrons. The molecule has 0 unspecified atom stereocenters. The number of nitrogens with one attached hydrogen (secondary N) is 1. The van der Waals surface area contributed by atoms with Crippen molar-refractivity contribution in [1.82, 2.24) is 5.32 Å². The van der Waals surface area contributed by atoms with Crippen LogP contribution >= 0.6 is 0 Å². The van der Waals surface area contributed by atoms with E-state index in [0.29, 0.717) is 6.42 Å². The lowest BCUT2D eigenvalue weighted by molar-refractivity contribution is -0.111. The van der Waals surface area contributed by atoms with Gasteiger partial charge >= 0.3 is 6.09 Å². The Morgan fingerprint density at radius 1 is 1.50 bits per heavy atom. The Bertz CT molecular complexity index is 434. The van der Waals surface area contributed by atoms with Gasteiger partial charge in [0.15, 0.2) is 5.78 Å². The minimum atomic E-state index is -0.718. The van der Waals surface area contributed by atoms with Gasteiger partial charge in [0.05, 0.1) is 6.07 Å². The molecular weight excluding hydrogens is 234 g/mol. The van der Waals surface area contributed by atoms with Gasteiger partial charge in [-0.05, 0) is 11.3 Å². The highest BCUT2D eigenvalue weighted by Crippen LogP contribution is 2.60. The van der Waals surface area contributed by atoms with Gasteiger partial charge < -0.3 is 5.32 Å². The second kappa shape index (κ2) is 5.17. The summed E-state index contributed by atoms with van der Waals surface area (Å²) in [4.78, 5) is 27.1. The molecule has 6 heteroatoms. The number of nitriles is 1. The van der Waals surface area contributed by atoms with Crippen molar-refractivity contribution in [3.8, 4) is 6.07 Å². The van der Waals surface area contributed by atoms with Gasteiger partial charge in [0, 0.05) is 26.3 Å². The quantitative estimate of drug-likeness (QED) is 0.465. The van der Waals surface area contributed by atoms with Gasteiger partial charge in [-0.2, -0.15) is 5.26 Å². The van der Waals surface area contributed by atoms with Gasteiger partial charge in [-0.15, -0.1) is 0 Å². The molecule has 0 aliphatic heterocycles. The monoisotopic (exact) mass is 251 g/mol. The van der Waals surface area contributed by atoms with Crippen LogP contribution in [0, 0.1) is 28.6 Å². The Hall–Kier alpha value is -1.90. The largest absolute Gasteiger partial charge is 0.433 e. The molecule has 0 bridgehead atoms. The number of nitrogens with zero attached hydrogens (tertiary/aromatic N) is 2. The van der Waals surface area contributed by atoms with Crippen molar-refractivity contribution in [2.45, 2.75) is 27.2 Å². The zero-order chi connectivity index (χ0) is 13.9. The van der Waals surface area contributed by atoms with Gasteiger partial charge in [0.2, 0.25) is 0 Å². The van der Waals surface area contributed by atoms with E-state index in [0.717, 1.165) is 0 Å². The molecule has 1 aliphatic carbocycles. The van der Waals surface area contributed by atoms with E-state index in [1.54, 1.807) is 0 Å². The van der Waals surface area contributed by atoms with Gasteiger partial charge in [-0.3, -0.25) is 9.63 Å². The summed E-state index contributed by atoms with van der Waals surface area (Å²) >= 11 is 0. The van der Waals surface area contributed by atoms with Crippen molar-refractivity contribution in [3.63, 3.8) is 0 Å². The summed E-state index contributed by atoms with van der Waals surface area (Å²) in [6, 6.07) is 2.10. The zero-order valence-electron chi connectivity index (χ0n) is 11.0. The first-order valence-corrected chi connectivity index (χ1v) is 5.70. The molecule has 1 saturated carbocycles. The molecule has 0 aromatic rings. The summed E-state index contributed by atoms with van der Waals surface area (Å²) in [5.74, 6) is -0.282. The molecule has 6 nitrogen and oxygen atoms in total. The highest BCUT2D eigenvalue weighted by molar-refractivity contribution is 6.40. The summed E-state index contributed by atoms with van der Waals surface area (Å²) < 4.78 is 0. The molecular formula is C12H17N3O3. The zero-order valence-corrected chi connectivity index (χ0v) is 11.0. The molecule has 0 radical (unpaired) electrons. The molecule has 18 heavy (non-hydrogen) atoms. The molecule has 1 amide bonds.